The Bertz CT molecular complexity index is 1490. The molecular formula is C31H30N5O2+. The summed E-state index contributed by atoms with van der Waals surface area (Å²) < 4.78 is 7.09. The number of H-pyrrole nitrogens is 1. The average molecular weight is 505 g/mol. The van der Waals surface area contributed by atoms with Gasteiger partial charge in [0.2, 0.25) is 0 Å². The van der Waals surface area contributed by atoms with E-state index in [-0.39, 0.29) is 12.0 Å². The average Bonchev–Trinajstić information content (AvgIpc) is 3.43. The minimum absolute atomic E-state index is 0.171. The van der Waals surface area contributed by atoms with Gasteiger partial charge < -0.3 is 9.64 Å². The Kier molecular flexibility index (Phi) is 6.58. The number of para-hydroxylation sites is 1. The molecule has 0 amide bonds. The number of fused-ring (bicyclic) bond motifs is 1. The number of carbonyl (C=O) groups is 1. The summed E-state index contributed by atoms with van der Waals surface area (Å²) in [5.74, 6) is -0.379. The zero-order valence-corrected chi connectivity index (χ0v) is 21.3. The Hall–Kier alpha value is -4.49. The molecule has 3 aromatic carbocycles. The number of methoxy groups -OCH3 is 1. The Morgan fingerprint density at radius 3 is 2.03 bits per heavy atom. The number of nitrogens with one attached hydrogen (secondary N) is 1. The highest BCUT2D eigenvalue weighted by molar-refractivity contribution is 6.03. The van der Waals surface area contributed by atoms with E-state index in [1.807, 2.05) is 41.2 Å². The minimum atomic E-state index is -0.379. The summed E-state index contributed by atoms with van der Waals surface area (Å²) in [4.78, 5) is 22.3. The van der Waals surface area contributed by atoms with Crippen molar-refractivity contribution in [3.05, 3.63) is 120 Å². The SMILES string of the molecule is COC(=O)c1cnc2c(c[nH][n+]2-c2ccccc2)c1N1CCN(C(c2ccccc2)c2ccccc2)CC1. The zero-order chi connectivity index (χ0) is 25.9. The number of pyridine rings is 1. The number of aromatic nitrogens is 3. The monoisotopic (exact) mass is 504 g/mol. The summed E-state index contributed by atoms with van der Waals surface area (Å²) in [6, 6.07) is 31.5. The van der Waals surface area contributed by atoms with E-state index < -0.39 is 0 Å². The lowest BCUT2D eigenvalue weighted by Gasteiger charge is -2.41. The first-order valence-electron chi connectivity index (χ1n) is 12.9. The van der Waals surface area contributed by atoms with Crippen LogP contribution in [-0.4, -0.2) is 54.2 Å². The quantitative estimate of drug-likeness (QED) is 0.272. The van der Waals surface area contributed by atoms with Crippen molar-refractivity contribution in [2.45, 2.75) is 6.04 Å². The van der Waals surface area contributed by atoms with Crippen LogP contribution in [0, 0.1) is 0 Å². The molecule has 1 N–H and O–H groups in total. The zero-order valence-electron chi connectivity index (χ0n) is 21.3. The van der Waals surface area contributed by atoms with Crippen molar-refractivity contribution in [3.63, 3.8) is 0 Å². The maximum atomic E-state index is 12.8. The maximum Gasteiger partial charge on any atom is 0.357 e. The van der Waals surface area contributed by atoms with Gasteiger partial charge in [-0.2, -0.15) is 0 Å². The number of carbonyl (C=O) groups excluding carboxylic acids is 1. The molecule has 1 aliphatic heterocycles. The summed E-state index contributed by atoms with van der Waals surface area (Å²) in [7, 11) is 1.42. The van der Waals surface area contributed by atoms with Crippen molar-refractivity contribution in [2.75, 3.05) is 38.2 Å². The third-order valence-electron chi connectivity index (χ3n) is 7.26. The summed E-state index contributed by atoms with van der Waals surface area (Å²) >= 11 is 0. The molecule has 0 spiro atoms. The molecule has 2 aromatic heterocycles. The molecule has 0 saturated carbocycles. The number of aromatic amines is 1. The predicted molar refractivity (Wildman–Crippen MR) is 147 cm³/mol. The Morgan fingerprint density at radius 1 is 0.868 bits per heavy atom. The van der Waals surface area contributed by atoms with Crippen LogP contribution in [0.1, 0.15) is 27.5 Å². The summed E-state index contributed by atoms with van der Waals surface area (Å²) in [5, 5.41) is 4.22. The summed E-state index contributed by atoms with van der Waals surface area (Å²) in [5.41, 5.74) is 5.66. The molecular weight excluding hydrogens is 474 g/mol. The smallest absolute Gasteiger partial charge is 0.357 e. The van der Waals surface area contributed by atoms with E-state index in [1.165, 1.54) is 18.2 Å². The van der Waals surface area contributed by atoms with Crippen molar-refractivity contribution >= 4 is 22.7 Å². The lowest BCUT2D eigenvalue weighted by atomic mass is 9.96. The topological polar surface area (TPSA) is 65.3 Å². The van der Waals surface area contributed by atoms with Crippen LogP contribution in [0.5, 0.6) is 0 Å². The molecule has 0 unspecified atom stereocenters. The number of nitrogens with zero attached hydrogens (tertiary/aromatic N) is 4. The van der Waals surface area contributed by atoms with E-state index in [1.54, 1.807) is 6.20 Å². The minimum Gasteiger partial charge on any atom is -0.465 e. The van der Waals surface area contributed by atoms with Crippen molar-refractivity contribution in [2.24, 2.45) is 0 Å². The normalized spacial score (nSPS) is 14.2. The van der Waals surface area contributed by atoms with Crippen LogP contribution >= 0.6 is 0 Å². The maximum absolute atomic E-state index is 12.8. The number of benzene rings is 3. The highest BCUT2D eigenvalue weighted by atomic mass is 16.5. The molecule has 1 fully saturated rings. The first-order valence-corrected chi connectivity index (χ1v) is 12.9. The van der Waals surface area contributed by atoms with Crippen LogP contribution in [0.15, 0.2) is 103 Å². The summed E-state index contributed by atoms with van der Waals surface area (Å²) in [6.07, 6.45) is 3.57. The molecule has 0 bridgehead atoms. The van der Waals surface area contributed by atoms with Crippen LogP contribution in [0.4, 0.5) is 5.69 Å². The molecule has 7 heteroatoms. The lowest BCUT2D eigenvalue weighted by molar-refractivity contribution is -0.631. The Balaban J connectivity index is 1.35. The second-order valence-corrected chi connectivity index (χ2v) is 9.44. The standard InChI is InChI=1S/C31H29N5O2/c1-38-31(37)27-21-32-30-26(22-33-36(30)25-15-9-4-10-16-25)29(27)35-19-17-34(18-20-35)28(23-11-5-2-6-12-23)24-13-7-3-8-14-24/h2-16,21-22,28H,17-20H2,1H3/p+1. The van der Waals surface area contributed by atoms with E-state index >= 15 is 0 Å². The van der Waals surface area contributed by atoms with Crippen LogP contribution in [0.3, 0.4) is 0 Å². The first kappa shape index (κ1) is 23.9. The van der Waals surface area contributed by atoms with Crippen molar-refractivity contribution in [1.29, 1.82) is 0 Å². The van der Waals surface area contributed by atoms with Gasteiger partial charge in [-0.15, -0.1) is 4.68 Å². The van der Waals surface area contributed by atoms with Crippen molar-refractivity contribution < 1.29 is 14.2 Å². The summed E-state index contributed by atoms with van der Waals surface area (Å²) in [6.45, 7) is 3.25. The molecule has 6 rings (SSSR count). The number of piperazine rings is 1. The van der Waals surface area contributed by atoms with Crippen LogP contribution < -0.4 is 9.58 Å². The van der Waals surface area contributed by atoms with Gasteiger partial charge in [0.1, 0.15) is 10.9 Å². The molecule has 7 nitrogen and oxygen atoms in total. The van der Waals surface area contributed by atoms with Gasteiger partial charge in [0, 0.05) is 26.2 Å². The van der Waals surface area contributed by atoms with Gasteiger partial charge in [-0.05, 0) is 28.2 Å². The number of rotatable bonds is 6. The fraction of sp³-hybridized carbons (Fsp3) is 0.194. The molecule has 0 radical (unpaired) electrons. The predicted octanol–water partition coefficient (Wildman–Crippen LogP) is 4.54. The van der Waals surface area contributed by atoms with Gasteiger partial charge in [-0.3, -0.25) is 4.90 Å². The molecule has 0 aliphatic carbocycles. The lowest BCUT2D eigenvalue weighted by Crippen LogP contribution is -2.48. The van der Waals surface area contributed by atoms with Crippen LogP contribution in [0.2, 0.25) is 0 Å². The van der Waals surface area contributed by atoms with E-state index in [0.29, 0.717) is 5.56 Å². The molecule has 5 aromatic rings. The van der Waals surface area contributed by atoms with E-state index in [9.17, 15) is 4.79 Å². The number of ether oxygens (including phenoxy) is 1. The van der Waals surface area contributed by atoms with Gasteiger partial charge in [0.25, 0.3) is 0 Å². The van der Waals surface area contributed by atoms with E-state index in [0.717, 1.165) is 48.6 Å². The van der Waals surface area contributed by atoms with Gasteiger partial charge >= 0.3 is 11.6 Å². The fourth-order valence-electron chi connectivity index (χ4n) is 5.47. The highest BCUT2D eigenvalue weighted by Crippen LogP contribution is 2.33. The van der Waals surface area contributed by atoms with Crippen LogP contribution in [0.25, 0.3) is 16.7 Å². The number of hydrogen-bond donors (Lipinski definition) is 1. The second-order valence-electron chi connectivity index (χ2n) is 9.44. The Labute approximate surface area is 221 Å². The Morgan fingerprint density at radius 2 is 1.45 bits per heavy atom. The van der Waals surface area contributed by atoms with E-state index in [2.05, 4.69) is 80.5 Å². The number of hydrogen-bond acceptors (Lipinski definition) is 5. The van der Waals surface area contributed by atoms with Gasteiger partial charge in [-0.25, -0.2) is 9.89 Å². The molecule has 3 heterocycles. The number of esters is 1. The van der Waals surface area contributed by atoms with Crippen LogP contribution in [-0.2, 0) is 4.74 Å². The first-order chi connectivity index (χ1) is 18.7. The van der Waals surface area contributed by atoms with Gasteiger partial charge in [0.05, 0.1) is 25.0 Å². The third-order valence-corrected chi connectivity index (χ3v) is 7.26. The molecule has 190 valence electrons. The third kappa shape index (κ3) is 4.41. The highest BCUT2D eigenvalue weighted by Gasteiger charge is 2.32. The van der Waals surface area contributed by atoms with Crippen molar-refractivity contribution in [1.82, 2.24) is 15.0 Å². The van der Waals surface area contributed by atoms with E-state index in [4.69, 9.17) is 4.74 Å². The number of anilines is 1. The van der Waals surface area contributed by atoms with Gasteiger partial charge in [0.15, 0.2) is 11.9 Å². The fourth-order valence-corrected chi connectivity index (χ4v) is 5.47. The molecule has 0 atom stereocenters. The molecule has 38 heavy (non-hydrogen) atoms. The molecule has 1 aliphatic rings. The van der Waals surface area contributed by atoms with Gasteiger partial charge in [-0.1, -0.05) is 78.9 Å². The van der Waals surface area contributed by atoms with Crippen molar-refractivity contribution in [3.8, 4) is 5.69 Å². The molecule has 1 saturated heterocycles. The second kappa shape index (κ2) is 10.5. The largest absolute Gasteiger partial charge is 0.465 e.